The van der Waals surface area contributed by atoms with Crippen LogP contribution in [0, 0.1) is 6.92 Å². The largest absolute Gasteiger partial charge is 0.342 e. The average Bonchev–Trinajstić information content (AvgIpc) is 2.28. The molecule has 0 heterocycles. The molecule has 2 heteroatoms. The van der Waals surface area contributed by atoms with Crippen LogP contribution in [-0.4, -0.2) is 23.9 Å². The molecule has 2 nitrogen and oxygen atoms in total. The summed E-state index contributed by atoms with van der Waals surface area (Å²) in [6, 6.07) is 8.20. The molecule has 0 N–H and O–H groups in total. The van der Waals surface area contributed by atoms with E-state index >= 15 is 0 Å². The van der Waals surface area contributed by atoms with E-state index in [4.69, 9.17) is 0 Å². The third-order valence-electron chi connectivity index (χ3n) is 2.78. The first-order chi connectivity index (χ1) is 8.17. The van der Waals surface area contributed by atoms with Gasteiger partial charge in [0.25, 0.3) is 0 Å². The number of rotatable bonds is 6. The van der Waals surface area contributed by atoms with E-state index in [9.17, 15) is 4.79 Å². The molecule has 1 rings (SSSR count). The van der Waals surface area contributed by atoms with Crippen LogP contribution in [0.15, 0.2) is 24.3 Å². The molecule has 0 fully saturated rings. The number of carbonyl (C=O) groups is 1. The Morgan fingerprint density at radius 1 is 1.18 bits per heavy atom. The zero-order valence-electron chi connectivity index (χ0n) is 11.2. The predicted molar refractivity (Wildman–Crippen MR) is 72.0 cm³/mol. The Labute approximate surface area is 105 Å². The van der Waals surface area contributed by atoms with Crippen molar-refractivity contribution in [3.63, 3.8) is 0 Å². The van der Waals surface area contributed by atoms with Crippen LogP contribution in [0.1, 0.15) is 37.8 Å². The van der Waals surface area contributed by atoms with E-state index in [1.807, 2.05) is 17.0 Å². The van der Waals surface area contributed by atoms with E-state index in [1.165, 1.54) is 5.56 Å². The number of amides is 1. The van der Waals surface area contributed by atoms with Crippen molar-refractivity contribution >= 4 is 5.91 Å². The first kappa shape index (κ1) is 13.8. The highest BCUT2D eigenvalue weighted by Crippen LogP contribution is 2.07. The highest BCUT2D eigenvalue weighted by Gasteiger charge is 2.11. The quantitative estimate of drug-likeness (QED) is 0.739. The van der Waals surface area contributed by atoms with Crippen molar-refractivity contribution in [2.45, 2.75) is 40.0 Å². The second-order valence-corrected chi connectivity index (χ2v) is 4.55. The summed E-state index contributed by atoms with van der Waals surface area (Å²) in [6.45, 7) is 8.03. The fraction of sp³-hybridized carbons (Fsp3) is 0.533. The molecule has 1 aromatic carbocycles. The van der Waals surface area contributed by atoms with Gasteiger partial charge in [-0.05, 0) is 25.3 Å². The summed E-state index contributed by atoms with van der Waals surface area (Å²) in [5.41, 5.74) is 2.33. The lowest BCUT2D eigenvalue weighted by atomic mass is 10.1. The van der Waals surface area contributed by atoms with Crippen LogP contribution < -0.4 is 0 Å². The van der Waals surface area contributed by atoms with Crippen LogP contribution in [0.4, 0.5) is 0 Å². The van der Waals surface area contributed by atoms with E-state index < -0.39 is 0 Å². The van der Waals surface area contributed by atoms with Crippen LogP contribution in [-0.2, 0) is 11.2 Å². The van der Waals surface area contributed by atoms with Crippen LogP contribution in [0.2, 0.25) is 0 Å². The fourth-order valence-electron chi connectivity index (χ4n) is 2.01. The third-order valence-corrected chi connectivity index (χ3v) is 2.78. The minimum Gasteiger partial charge on any atom is -0.342 e. The molecule has 0 saturated carbocycles. The highest BCUT2D eigenvalue weighted by molar-refractivity contribution is 5.78. The van der Waals surface area contributed by atoms with Gasteiger partial charge in [0.1, 0.15) is 0 Å². The molecule has 0 spiro atoms. The van der Waals surface area contributed by atoms with Crippen molar-refractivity contribution in [3.8, 4) is 0 Å². The standard InChI is InChI=1S/C15H23NO/c1-4-9-16(10-5-2)15(17)12-14-8-6-7-13(3)11-14/h6-8,11H,4-5,9-10,12H2,1-3H3. The number of hydrogen-bond donors (Lipinski definition) is 0. The van der Waals surface area contributed by atoms with Gasteiger partial charge < -0.3 is 4.90 Å². The molecule has 1 aromatic rings. The van der Waals surface area contributed by atoms with E-state index in [-0.39, 0.29) is 5.91 Å². The van der Waals surface area contributed by atoms with Gasteiger partial charge in [0.05, 0.1) is 6.42 Å². The van der Waals surface area contributed by atoms with Gasteiger partial charge in [-0.25, -0.2) is 0 Å². The Morgan fingerprint density at radius 2 is 1.82 bits per heavy atom. The van der Waals surface area contributed by atoms with Crippen molar-refractivity contribution in [1.29, 1.82) is 0 Å². The summed E-state index contributed by atoms with van der Waals surface area (Å²) in [6.07, 6.45) is 2.58. The van der Waals surface area contributed by atoms with Gasteiger partial charge in [-0.2, -0.15) is 0 Å². The maximum Gasteiger partial charge on any atom is 0.226 e. The molecule has 0 unspecified atom stereocenters. The van der Waals surface area contributed by atoms with Crippen LogP contribution in [0.3, 0.4) is 0 Å². The first-order valence-corrected chi connectivity index (χ1v) is 6.50. The Bertz CT molecular complexity index is 354. The second-order valence-electron chi connectivity index (χ2n) is 4.55. The number of hydrogen-bond acceptors (Lipinski definition) is 1. The van der Waals surface area contributed by atoms with Crippen LogP contribution in [0.5, 0.6) is 0 Å². The second kappa shape index (κ2) is 7.10. The van der Waals surface area contributed by atoms with Gasteiger partial charge >= 0.3 is 0 Å². The van der Waals surface area contributed by atoms with E-state index in [0.717, 1.165) is 31.5 Å². The van der Waals surface area contributed by atoms with Crippen LogP contribution in [0.25, 0.3) is 0 Å². The number of aryl methyl sites for hydroxylation is 1. The summed E-state index contributed by atoms with van der Waals surface area (Å²) in [4.78, 5) is 14.1. The molecule has 0 radical (unpaired) electrons. The molecule has 0 aliphatic carbocycles. The Morgan fingerprint density at radius 3 is 2.35 bits per heavy atom. The smallest absolute Gasteiger partial charge is 0.226 e. The normalized spacial score (nSPS) is 10.3. The molecule has 0 aliphatic heterocycles. The lowest BCUT2D eigenvalue weighted by Gasteiger charge is -2.21. The Hall–Kier alpha value is -1.31. The summed E-state index contributed by atoms with van der Waals surface area (Å²) in [5.74, 6) is 0.249. The number of benzene rings is 1. The maximum absolute atomic E-state index is 12.1. The van der Waals surface area contributed by atoms with E-state index in [0.29, 0.717) is 6.42 Å². The molecule has 94 valence electrons. The molecule has 0 aliphatic rings. The Balaban J connectivity index is 2.62. The number of nitrogens with zero attached hydrogens (tertiary/aromatic N) is 1. The molecular weight excluding hydrogens is 210 g/mol. The molecule has 17 heavy (non-hydrogen) atoms. The minimum atomic E-state index is 0.249. The van der Waals surface area contributed by atoms with Crippen molar-refractivity contribution in [2.24, 2.45) is 0 Å². The van der Waals surface area contributed by atoms with Crippen molar-refractivity contribution in [3.05, 3.63) is 35.4 Å². The molecule has 0 bridgehead atoms. The first-order valence-electron chi connectivity index (χ1n) is 6.50. The zero-order chi connectivity index (χ0) is 12.7. The maximum atomic E-state index is 12.1. The number of carbonyl (C=O) groups excluding carboxylic acids is 1. The van der Waals surface area contributed by atoms with E-state index in [2.05, 4.69) is 32.9 Å². The van der Waals surface area contributed by atoms with Crippen molar-refractivity contribution in [2.75, 3.05) is 13.1 Å². The highest BCUT2D eigenvalue weighted by atomic mass is 16.2. The van der Waals surface area contributed by atoms with E-state index in [1.54, 1.807) is 0 Å². The van der Waals surface area contributed by atoms with Gasteiger partial charge in [0.15, 0.2) is 0 Å². The summed E-state index contributed by atoms with van der Waals surface area (Å²) in [5, 5.41) is 0. The monoisotopic (exact) mass is 233 g/mol. The fourth-order valence-corrected chi connectivity index (χ4v) is 2.01. The predicted octanol–water partition coefficient (Wildman–Crippen LogP) is 3.19. The van der Waals surface area contributed by atoms with Gasteiger partial charge in [-0.3, -0.25) is 4.79 Å². The molecule has 1 amide bonds. The summed E-state index contributed by atoms with van der Waals surface area (Å²) in [7, 11) is 0. The summed E-state index contributed by atoms with van der Waals surface area (Å²) < 4.78 is 0. The lowest BCUT2D eigenvalue weighted by molar-refractivity contribution is -0.130. The molecule has 0 saturated heterocycles. The van der Waals surface area contributed by atoms with Gasteiger partial charge in [-0.1, -0.05) is 43.7 Å². The topological polar surface area (TPSA) is 20.3 Å². The van der Waals surface area contributed by atoms with Crippen molar-refractivity contribution < 1.29 is 4.79 Å². The van der Waals surface area contributed by atoms with Crippen LogP contribution >= 0.6 is 0 Å². The minimum absolute atomic E-state index is 0.249. The van der Waals surface area contributed by atoms with Gasteiger partial charge in [-0.15, -0.1) is 0 Å². The van der Waals surface area contributed by atoms with Gasteiger partial charge in [0, 0.05) is 13.1 Å². The molecular formula is C15H23NO. The van der Waals surface area contributed by atoms with Gasteiger partial charge in [0.2, 0.25) is 5.91 Å². The van der Waals surface area contributed by atoms with Crippen molar-refractivity contribution in [1.82, 2.24) is 4.90 Å². The molecule has 0 atom stereocenters. The lowest BCUT2D eigenvalue weighted by Crippen LogP contribution is -2.33. The summed E-state index contributed by atoms with van der Waals surface area (Å²) >= 11 is 0. The molecule has 0 aromatic heterocycles. The average molecular weight is 233 g/mol. The third kappa shape index (κ3) is 4.59. The zero-order valence-corrected chi connectivity index (χ0v) is 11.2. The SMILES string of the molecule is CCCN(CCC)C(=O)Cc1cccc(C)c1. The Kier molecular flexibility index (Phi) is 5.75.